The fourth-order valence-corrected chi connectivity index (χ4v) is 4.31. The normalized spacial score (nSPS) is 14.5. The summed E-state index contributed by atoms with van der Waals surface area (Å²) in [5.74, 6) is 0.0618. The maximum absolute atomic E-state index is 13.8. The second-order valence-electron chi connectivity index (χ2n) is 6.36. The number of nitrogens with zero attached hydrogens (tertiary/aromatic N) is 2. The molecule has 0 radical (unpaired) electrons. The van der Waals surface area contributed by atoms with E-state index in [0.29, 0.717) is 18.0 Å². The molecule has 29 heavy (non-hydrogen) atoms. The molecule has 0 bridgehead atoms. The van der Waals surface area contributed by atoms with Gasteiger partial charge >= 0.3 is 0 Å². The minimum Gasteiger partial charge on any atom is -0.489 e. The van der Waals surface area contributed by atoms with Crippen LogP contribution in [0.3, 0.4) is 0 Å². The predicted octanol–water partition coefficient (Wildman–Crippen LogP) is 4.70. The van der Waals surface area contributed by atoms with E-state index in [-0.39, 0.29) is 10.6 Å². The van der Waals surface area contributed by atoms with Gasteiger partial charge in [0.15, 0.2) is 4.91 Å². The Morgan fingerprint density at radius 2 is 1.72 bits per heavy atom. The molecule has 0 unspecified atom stereocenters. The molecule has 0 aromatic heterocycles. The average molecular weight is 406 g/mol. The second kappa shape index (κ2) is 7.41. The van der Waals surface area contributed by atoms with Crippen molar-refractivity contribution in [2.75, 3.05) is 4.90 Å². The van der Waals surface area contributed by atoms with Crippen LogP contribution in [0, 0.1) is 17.1 Å². The summed E-state index contributed by atoms with van der Waals surface area (Å²) < 4.78 is 44.6. The van der Waals surface area contributed by atoms with Crippen LogP contribution in [-0.4, -0.2) is 8.42 Å². The van der Waals surface area contributed by atoms with E-state index >= 15 is 0 Å². The van der Waals surface area contributed by atoms with Gasteiger partial charge in [-0.25, -0.2) is 12.8 Å². The number of hydrogen-bond acceptors (Lipinski definition) is 5. The first-order chi connectivity index (χ1) is 14.0. The highest BCUT2D eigenvalue weighted by Crippen LogP contribution is 2.40. The smallest absolute Gasteiger partial charge is 0.220 e. The Labute approximate surface area is 167 Å². The number of anilines is 2. The van der Waals surface area contributed by atoms with Crippen molar-refractivity contribution in [3.05, 3.63) is 95.3 Å². The number of rotatable bonds is 4. The largest absolute Gasteiger partial charge is 0.489 e. The first-order valence-corrected chi connectivity index (χ1v) is 10.2. The van der Waals surface area contributed by atoms with Crippen LogP contribution in [0.4, 0.5) is 15.8 Å². The van der Waals surface area contributed by atoms with E-state index in [1.165, 1.54) is 17.2 Å². The average Bonchev–Trinajstić information content (AvgIpc) is 2.73. The van der Waals surface area contributed by atoms with Gasteiger partial charge in [-0.15, -0.1) is 0 Å². The minimum absolute atomic E-state index is 0.109. The molecule has 1 aliphatic heterocycles. The van der Waals surface area contributed by atoms with E-state index in [1.807, 2.05) is 30.3 Å². The lowest BCUT2D eigenvalue weighted by atomic mass is 10.2. The van der Waals surface area contributed by atoms with Crippen LogP contribution in [0.2, 0.25) is 0 Å². The number of ether oxygens (including phenoxy) is 1. The molecule has 0 spiro atoms. The summed E-state index contributed by atoms with van der Waals surface area (Å²) >= 11 is 0. The maximum atomic E-state index is 13.8. The van der Waals surface area contributed by atoms with Crippen molar-refractivity contribution in [2.24, 2.45) is 0 Å². The Hall–Kier alpha value is -3.63. The number of allylic oxidation sites excluding steroid dienone is 1. The zero-order valence-corrected chi connectivity index (χ0v) is 15.9. The quantitative estimate of drug-likeness (QED) is 0.588. The highest BCUT2D eigenvalue weighted by molar-refractivity contribution is 7.95. The van der Waals surface area contributed by atoms with Gasteiger partial charge in [0.05, 0.1) is 10.6 Å². The Kier molecular flexibility index (Phi) is 4.79. The Morgan fingerprint density at radius 1 is 1.00 bits per heavy atom. The van der Waals surface area contributed by atoms with Gasteiger partial charge in [-0.2, -0.15) is 5.26 Å². The number of hydrogen-bond donors (Lipinski definition) is 0. The molecule has 0 fully saturated rings. The highest BCUT2D eigenvalue weighted by Gasteiger charge is 2.32. The van der Waals surface area contributed by atoms with Gasteiger partial charge in [0.2, 0.25) is 9.84 Å². The van der Waals surface area contributed by atoms with Crippen LogP contribution in [0.25, 0.3) is 0 Å². The summed E-state index contributed by atoms with van der Waals surface area (Å²) in [6.07, 6.45) is 1.21. The third kappa shape index (κ3) is 3.58. The van der Waals surface area contributed by atoms with Crippen molar-refractivity contribution < 1.29 is 17.5 Å². The van der Waals surface area contributed by atoms with Gasteiger partial charge < -0.3 is 9.64 Å². The Morgan fingerprint density at radius 3 is 2.41 bits per heavy atom. The third-order valence-electron chi connectivity index (χ3n) is 4.48. The monoisotopic (exact) mass is 406 g/mol. The summed E-state index contributed by atoms with van der Waals surface area (Å²) in [4.78, 5) is 0.974. The molecule has 4 rings (SSSR count). The Bertz CT molecular complexity index is 1230. The predicted molar refractivity (Wildman–Crippen MR) is 107 cm³/mol. The molecule has 0 aliphatic carbocycles. The van der Waals surface area contributed by atoms with Crippen molar-refractivity contribution in [3.63, 3.8) is 0 Å². The van der Waals surface area contributed by atoms with Gasteiger partial charge in [-0.1, -0.05) is 30.3 Å². The SMILES string of the molecule is N#CC1=CN(c2ccc(OCc3ccccc3)cc2)c2cc(F)ccc2S1(=O)=O. The molecule has 1 heterocycles. The van der Waals surface area contributed by atoms with Crippen molar-refractivity contribution >= 4 is 21.2 Å². The van der Waals surface area contributed by atoms with Crippen molar-refractivity contribution in [1.82, 2.24) is 0 Å². The number of nitriles is 1. The van der Waals surface area contributed by atoms with Gasteiger partial charge in [0.25, 0.3) is 0 Å². The maximum Gasteiger partial charge on any atom is 0.220 e. The second-order valence-corrected chi connectivity index (χ2v) is 8.25. The number of fused-ring (bicyclic) bond motifs is 1. The van der Waals surface area contributed by atoms with Crippen LogP contribution in [0.15, 0.2) is 88.8 Å². The summed E-state index contributed by atoms with van der Waals surface area (Å²) in [5.41, 5.74) is 1.76. The zero-order chi connectivity index (χ0) is 20.4. The van der Waals surface area contributed by atoms with E-state index in [2.05, 4.69) is 0 Å². The number of halogens is 1. The van der Waals surface area contributed by atoms with Crippen LogP contribution < -0.4 is 9.64 Å². The van der Waals surface area contributed by atoms with Gasteiger partial charge in [-0.05, 0) is 48.0 Å². The topological polar surface area (TPSA) is 70.4 Å². The van der Waals surface area contributed by atoms with Crippen LogP contribution in [0.5, 0.6) is 5.75 Å². The van der Waals surface area contributed by atoms with Gasteiger partial charge in [-0.3, -0.25) is 0 Å². The molecule has 5 nitrogen and oxygen atoms in total. The molecule has 1 aliphatic rings. The number of sulfone groups is 1. The minimum atomic E-state index is -3.97. The molecule has 0 N–H and O–H groups in total. The first-order valence-electron chi connectivity index (χ1n) is 8.71. The lowest BCUT2D eigenvalue weighted by Gasteiger charge is -2.27. The van der Waals surface area contributed by atoms with Crippen LogP contribution in [0.1, 0.15) is 5.56 Å². The van der Waals surface area contributed by atoms with Crippen LogP contribution in [-0.2, 0) is 16.4 Å². The fraction of sp³-hybridized carbons (Fsp3) is 0.0455. The molecule has 7 heteroatoms. The molecule has 0 saturated heterocycles. The van der Waals surface area contributed by atoms with Gasteiger partial charge in [0, 0.05) is 11.9 Å². The molecule has 0 amide bonds. The van der Waals surface area contributed by atoms with E-state index < -0.39 is 20.6 Å². The molecular formula is C22H15FN2O3S. The third-order valence-corrected chi connectivity index (χ3v) is 6.18. The summed E-state index contributed by atoms with van der Waals surface area (Å²) in [6, 6.07) is 21.7. The Balaban J connectivity index is 1.65. The molecular weight excluding hydrogens is 391 g/mol. The fourth-order valence-electron chi connectivity index (χ4n) is 3.03. The van der Waals surface area contributed by atoms with E-state index in [4.69, 9.17) is 4.74 Å². The van der Waals surface area contributed by atoms with E-state index in [9.17, 15) is 18.1 Å². The summed E-state index contributed by atoms with van der Waals surface area (Å²) in [5, 5.41) is 9.28. The molecule has 0 atom stereocenters. The van der Waals surface area contributed by atoms with E-state index in [0.717, 1.165) is 17.7 Å². The molecule has 0 saturated carbocycles. The van der Waals surface area contributed by atoms with Gasteiger partial charge in [0.1, 0.15) is 24.2 Å². The van der Waals surface area contributed by atoms with E-state index in [1.54, 1.807) is 30.3 Å². The number of benzene rings is 3. The first kappa shape index (κ1) is 18.7. The summed E-state index contributed by atoms with van der Waals surface area (Å²) in [6.45, 7) is 0.411. The lowest BCUT2D eigenvalue weighted by Crippen LogP contribution is -2.21. The molecule has 144 valence electrons. The highest BCUT2D eigenvalue weighted by atomic mass is 32.2. The van der Waals surface area contributed by atoms with Crippen molar-refractivity contribution in [1.29, 1.82) is 5.26 Å². The standard InChI is InChI=1S/C22H15FN2O3S/c23-17-6-11-22-21(12-17)25(14-20(13-24)29(22,26)27)18-7-9-19(10-8-18)28-15-16-4-2-1-3-5-16/h1-12,14H,15H2. The lowest BCUT2D eigenvalue weighted by molar-refractivity contribution is 0.306. The molecule has 3 aromatic carbocycles. The van der Waals surface area contributed by atoms with Crippen LogP contribution >= 0.6 is 0 Å². The van der Waals surface area contributed by atoms with Crippen molar-refractivity contribution in [2.45, 2.75) is 11.5 Å². The molecule has 3 aromatic rings. The van der Waals surface area contributed by atoms with Crippen molar-refractivity contribution in [3.8, 4) is 11.8 Å². The summed E-state index contributed by atoms with van der Waals surface area (Å²) in [7, 11) is -3.97. The zero-order valence-electron chi connectivity index (χ0n) is 15.1.